The van der Waals surface area contributed by atoms with Crippen LogP contribution in [0.3, 0.4) is 0 Å². The summed E-state index contributed by atoms with van der Waals surface area (Å²) in [6.45, 7) is 12.1. The molecule has 2 aliphatic heterocycles. The third kappa shape index (κ3) is 36.5. The average molecular weight is 1720 g/mol. The molecule has 8 amide bonds. The van der Waals surface area contributed by atoms with E-state index in [1.54, 1.807) is 44.2 Å². The summed E-state index contributed by atoms with van der Waals surface area (Å²) in [4.78, 5) is 111. The first-order valence-electron chi connectivity index (χ1n) is 38.6. The topological polar surface area (TPSA) is 470 Å². The van der Waals surface area contributed by atoms with Gasteiger partial charge in [-0.2, -0.15) is 21.5 Å². The third-order valence-corrected chi connectivity index (χ3v) is 19.9. The van der Waals surface area contributed by atoms with Gasteiger partial charge in [-0.25, -0.2) is 31.8 Å². The highest BCUT2D eigenvalue weighted by atomic mass is 32.2. The molecule has 0 radical (unpaired) electrons. The van der Waals surface area contributed by atoms with E-state index in [9.17, 15) is 77.3 Å². The Labute approximate surface area is 688 Å². The number of urea groups is 1. The smallest absolute Gasteiger partial charge is 0.407 e. The normalized spacial score (nSPS) is 13.7. The number of hydrogen-bond donors (Lipinski definition) is 9. The van der Waals surface area contributed by atoms with Crippen LogP contribution in [-0.4, -0.2) is 266 Å². The number of nitrogens with zero attached hydrogens (tertiary/aromatic N) is 3. The number of rotatable bonds is 57. The van der Waals surface area contributed by atoms with Gasteiger partial charge in [0.1, 0.15) is 36.3 Å². The van der Waals surface area contributed by atoms with E-state index in [0.717, 1.165) is 12.8 Å². The van der Waals surface area contributed by atoms with E-state index >= 15 is 0 Å². The van der Waals surface area contributed by atoms with Crippen molar-refractivity contribution in [2.75, 3.05) is 169 Å². The van der Waals surface area contributed by atoms with Gasteiger partial charge in [-0.05, 0) is 92.6 Å². The van der Waals surface area contributed by atoms with Crippen molar-refractivity contribution in [2.45, 2.75) is 102 Å². The number of nitrogens with one attached hydrogen (secondary N) is 6. The number of halogens is 4. The zero-order valence-corrected chi connectivity index (χ0v) is 68.5. The monoisotopic (exact) mass is 1720 g/mol. The zero-order valence-electron chi connectivity index (χ0n) is 66.9. The molecule has 2 aliphatic rings. The number of ether oxygens (including phenoxy) is 11. The summed E-state index contributed by atoms with van der Waals surface area (Å²) < 4.78 is 175. The van der Waals surface area contributed by atoms with Crippen LogP contribution in [0.15, 0.2) is 99.9 Å². The number of sulfonamides is 1. The Morgan fingerprint density at radius 3 is 1.71 bits per heavy atom. The maximum Gasteiger partial charge on any atom is 0.407 e. The maximum absolute atomic E-state index is 14.0. The van der Waals surface area contributed by atoms with Crippen molar-refractivity contribution in [3.05, 3.63) is 124 Å². The highest BCUT2D eigenvalue weighted by Gasteiger charge is 2.38. The zero-order chi connectivity index (χ0) is 86.7. The summed E-state index contributed by atoms with van der Waals surface area (Å²) in [5, 5.41) is 15.0. The quantitative estimate of drug-likeness (QED) is 0.00527. The Morgan fingerprint density at radius 1 is 0.639 bits per heavy atom. The second-order valence-electron chi connectivity index (χ2n) is 27.3. The molecule has 0 aromatic heterocycles. The van der Waals surface area contributed by atoms with E-state index in [1.165, 1.54) is 28.6 Å². The number of nitrogens with two attached hydrogens (primary N) is 2. The van der Waals surface area contributed by atoms with Crippen molar-refractivity contribution in [1.29, 1.82) is 0 Å². The number of hydrogen-bond acceptors (Lipinski definition) is 25. The second-order valence-corrected chi connectivity index (χ2v) is 30.7. The van der Waals surface area contributed by atoms with Crippen LogP contribution in [0, 0.1) is 29.2 Å². The number of carbonyl (C=O) groups is 8. The molecular weight excluding hydrogens is 1620 g/mol. The van der Waals surface area contributed by atoms with Crippen LogP contribution < -0.4 is 48.1 Å². The van der Waals surface area contributed by atoms with Gasteiger partial charge in [0, 0.05) is 80.9 Å². The molecule has 6 rings (SSSR count). The lowest BCUT2D eigenvalue weighted by Gasteiger charge is -2.38. The van der Waals surface area contributed by atoms with E-state index in [-0.39, 0.29) is 165 Å². The van der Waals surface area contributed by atoms with E-state index < -0.39 is 121 Å². The summed E-state index contributed by atoms with van der Waals surface area (Å²) in [6, 6.07) is 12.5. The largest absolute Gasteiger partial charge is 0.445 e. The molecule has 658 valence electrons. The van der Waals surface area contributed by atoms with Crippen LogP contribution >= 0.6 is 0 Å². The Morgan fingerprint density at radius 2 is 1.18 bits per heavy atom. The number of anilines is 1. The molecule has 1 unspecified atom stereocenters. The molecule has 0 saturated carbocycles. The SMILES string of the molecule is CCCN(CCC)C(=O)C1=Cc2ccc(-c3cccc(S(=O)(=O)N4CC(CNC(=O)OCc5ccc(NC(=O)[C@H](CCCNC(N)=O)NC(=O)C(C=C(C)C)NC(=O)[C@H](CS(=O)(=O)O)NC(=O)CCOCCOCCOCCOCCOCCOCCOCCOCCOCCC(=O)Oc6c(F)c(F)cc(F)c6F)cc5)C4)c3)cc2N=C(N)C1. The number of fused-ring (bicyclic) bond motifs is 1. The van der Waals surface area contributed by atoms with Gasteiger partial charge in [0.2, 0.25) is 56.9 Å². The number of primary amides is 1. The van der Waals surface area contributed by atoms with Crippen molar-refractivity contribution < 1.29 is 129 Å². The molecule has 0 bridgehead atoms. The van der Waals surface area contributed by atoms with Crippen LogP contribution in [0.4, 0.5) is 38.5 Å². The average Bonchev–Trinajstić information content (AvgIpc) is 1.16. The lowest BCUT2D eigenvalue weighted by molar-refractivity contribution is -0.136. The Hall–Kier alpha value is -9.63. The summed E-state index contributed by atoms with van der Waals surface area (Å²) in [7, 11) is -8.84. The van der Waals surface area contributed by atoms with Gasteiger partial charge in [-0.3, -0.25) is 33.3 Å². The fourth-order valence-electron chi connectivity index (χ4n) is 11.4. The molecule has 35 nitrogen and oxygen atoms in total. The molecule has 0 aliphatic carbocycles. The van der Waals surface area contributed by atoms with Crippen molar-refractivity contribution in [1.82, 2.24) is 35.8 Å². The van der Waals surface area contributed by atoms with Crippen LogP contribution in [0.5, 0.6) is 5.75 Å². The lowest BCUT2D eigenvalue weighted by Crippen LogP contribution is -2.57. The minimum Gasteiger partial charge on any atom is -0.445 e. The fourth-order valence-corrected chi connectivity index (χ4v) is 13.7. The number of amides is 8. The van der Waals surface area contributed by atoms with Gasteiger partial charge >= 0.3 is 18.1 Å². The van der Waals surface area contributed by atoms with E-state index in [2.05, 4.69) is 41.6 Å². The molecule has 4 aromatic carbocycles. The molecule has 3 atom stereocenters. The molecular formula is C78H107F4N11O24S2. The first kappa shape index (κ1) is 98.2. The Kier molecular flexibility index (Phi) is 43.3. The fraction of sp³-hybridized carbons (Fsp3) is 0.526. The molecule has 11 N–H and O–H groups in total. The second kappa shape index (κ2) is 52.4. The number of amidine groups is 1. The van der Waals surface area contributed by atoms with Crippen LogP contribution in [0.25, 0.3) is 17.2 Å². The van der Waals surface area contributed by atoms with Gasteiger partial charge in [0.05, 0.1) is 136 Å². The lowest BCUT2D eigenvalue weighted by atomic mass is 10.0. The number of esters is 1. The number of aliphatic imine (C=N–C) groups is 1. The number of alkyl carbamates (subject to hydrolysis) is 1. The molecule has 41 heteroatoms. The minimum atomic E-state index is -4.92. The summed E-state index contributed by atoms with van der Waals surface area (Å²) in [6.07, 6.45) is 3.42. The summed E-state index contributed by atoms with van der Waals surface area (Å²) in [5.74, 6) is -14.7. The van der Waals surface area contributed by atoms with Gasteiger partial charge in [-0.15, -0.1) is 0 Å². The summed E-state index contributed by atoms with van der Waals surface area (Å²) >= 11 is 0. The highest BCUT2D eigenvalue weighted by Crippen LogP contribution is 2.35. The first-order chi connectivity index (χ1) is 56.9. The Balaban J connectivity index is 0.814. The predicted octanol–water partition coefficient (Wildman–Crippen LogP) is 5.11. The van der Waals surface area contributed by atoms with E-state index in [1.807, 2.05) is 43.0 Å². The van der Waals surface area contributed by atoms with Gasteiger partial charge in [0.25, 0.3) is 10.1 Å². The number of benzene rings is 4. The minimum absolute atomic E-state index is 0.000599. The molecule has 1 saturated heterocycles. The predicted molar refractivity (Wildman–Crippen MR) is 425 cm³/mol. The highest BCUT2D eigenvalue weighted by molar-refractivity contribution is 7.89. The first-order valence-corrected chi connectivity index (χ1v) is 41.6. The van der Waals surface area contributed by atoms with E-state index in [0.29, 0.717) is 98.4 Å². The van der Waals surface area contributed by atoms with Crippen LogP contribution in [-0.2, 0) is 103 Å². The van der Waals surface area contributed by atoms with Crippen LogP contribution in [0.1, 0.15) is 83.8 Å². The molecule has 119 heavy (non-hydrogen) atoms. The van der Waals surface area contributed by atoms with Gasteiger partial charge in [-0.1, -0.05) is 61.9 Å². The van der Waals surface area contributed by atoms with Gasteiger partial charge < -0.3 is 100 Å². The molecule has 1 fully saturated rings. The standard InChI is InChI=1S/C78H107F4N11O24S2/c1-5-21-92(22-6-2)76(99)58-42-57-15-14-56(44-64(57)88-67(83)45-58)55-9-7-10-60(43-55)119(105,106)93-48-54(49-93)47-86-78(101)116-50-53-12-16-59(17-13-53)87-73(96)63(11-8-20-85-77(84)100)90-74(97)65(41-52(3)4)91-75(98)66(51-118(102,103)104)89-68(94)18-23-107-25-27-109-29-31-111-33-35-113-37-39-115-40-38-114-36-34-112-32-30-110-28-26-108-24-19-69(95)117-72-70(81)61(79)46-62(80)71(72)82/h7,9-10,12-17,41-44,46,54,63,65-66H,5-6,8,11,18-40,45,47-51H2,1-4H3,(H2,83,88)(H,86,101)(H,87,96)(H,89,94)(H,90,97)(H,91,98)(H3,84,85,100)(H,102,103,104)/t63-,65?,66-/m0/s1. The third-order valence-electron chi connectivity index (χ3n) is 17.3. The van der Waals surface area contributed by atoms with Crippen molar-refractivity contribution in [3.63, 3.8) is 0 Å². The van der Waals surface area contributed by atoms with Crippen molar-refractivity contribution >= 4 is 91.1 Å². The maximum atomic E-state index is 14.0. The number of allylic oxidation sites excluding steroid dienone is 1. The Bertz CT molecular complexity index is 4280. The van der Waals surface area contributed by atoms with Crippen molar-refractivity contribution in [2.24, 2.45) is 22.4 Å². The molecule has 0 spiro atoms. The van der Waals surface area contributed by atoms with E-state index in [4.69, 9.17) is 58.8 Å². The van der Waals surface area contributed by atoms with Crippen LogP contribution in [0.2, 0.25) is 0 Å². The summed E-state index contributed by atoms with van der Waals surface area (Å²) in [5.41, 5.74) is 15.9. The molecule has 2 heterocycles. The van der Waals surface area contributed by atoms with Gasteiger partial charge in [0.15, 0.2) is 11.6 Å². The van der Waals surface area contributed by atoms with Crippen molar-refractivity contribution in [3.8, 4) is 16.9 Å². The molecule has 4 aromatic rings. The number of carbonyl (C=O) groups excluding carboxylic acids is 8.